The van der Waals surface area contributed by atoms with Crippen molar-refractivity contribution in [2.24, 2.45) is 0 Å². The third-order valence-corrected chi connectivity index (χ3v) is 5.47. The van der Waals surface area contributed by atoms with Gasteiger partial charge < -0.3 is 24.1 Å². The second kappa shape index (κ2) is 7.36. The van der Waals surface area contributed by atoms with Gasteiger partial charge in [-0.2, -0.15) is 0 Å². The molecule has 6 nitrogen and oxygen atoms in total. The van der Waals surface area contributed by atoms with Gasteiger partial charge in [-0.1, -0.05) is 42.5 Å². The number of nitrogens with zero attached hydrogens (tertiary/aromatic N) is 3. The molecule has 0 unspecified atom stereocenters. The Balaban J connectivity index is 1.68. The van der Waals surface area contributed by atoms with Gasteiger partial charge in [0.1, 0.15) is 16.9 Å². The van der Waals surface area contributed by atoms with E-state index in [0.717, 1.165) is 11.1 Å². The molecule has 0 aliphatic carbocycles. The van der Waals surface area contributed by atoms with Gasteiger partial charge >= 0.3 is 0 Å². The first-order valence-electron chi connectivity index (χ1n) is 9.80. The molecule has 5 rings (SSSR count). The van der Waals surface area contributed by atoms with E-state index >= 15 is 0 Å². The van der Waals surface area contributed by atoms with Crippen molar-refractivity contribution in [3.8, 4) is 17.4 Å². The fraction of sp³-hybridized carbons (Fsp3) is 0.125. The van der Waals surface area contributed by atoms with E-state index in [2.05, 4.69) is 4.98 Å². The Morgan fingerprint density at radius 1 is 0.935 bits per heavy atom. The van der Waals surface area contributed by atoms with E-state index in [4.69, 9.17) is 4.74 Å². The zero-order valence-corrected chi connectivity index (χ0v) is 16.8. The Kier molecular flexibility index (Phi) is 4.51. The van der Waals surface area contributed by atoms with E-state index in [1.54, 1.807) is 36.3 Å². The molecule has 0 atom stereocenters. The Morgan fingerprint density at radius 3 is 2.32 bits per heavy atom. The first-order chi connectivity index (χ1) is 15.1. The number of methoxy groups -OCH3 is 1. The van der Waals surface area contributed by atoms with Crippen molar-refractivity contribution in [1.29, 1.82) is 0 Å². The van der Waals surface area contributed by atoms with Gasteiger partial charge in [-0.25, -0.2) is 9.37 Å². The fourth-order valence-corrected chi connectivity index (χ4v) is 4.00. The maximum Gasteiger partial charge on any atom is 0.203 e. The summed E-state index contributed by atoms with van der Waals surface area (Å²) < 4.78 is 22.5. The summed E-state index contributed by atoms with van der Waals surface area (Å²) in [6.45, 7) is 0.867. The number of hydrogen-bond donors (Lipinski definition) is 2. The molecule has 0 radical (unpaired) electrons. The minimum Gasteiger partial charge on any atom is -0.505 e. The Morgan fingerprint density at radius 2 is 1.61 bits per heavy atom. The lowest BCUT2D eigenvalue weighted by Crippen LogP contribution is -1.99. The van der Waals surface area contributed by atoms with E-state index in [1.807, 2.05) is 34.9 Å². The number of hydrogen-bond acceptors (Lipinski definition) is 4. The molecule has 0 fully saturated rings. The third kappa shape index (κ3) is 3.15. The highest BCUT2D eigenvalue weighted by molar-refractivity contribution is 6.10. The second-order valence-corrected chi connectivity index (χ2v) is 7.43. The average Bonchev–Trinajstić information content (AvgIpc) is 3.33. The minimum atomic E-state index is -0.322. The predicted molar refractivity (Wildman–Crippen MR) is 116 cm³/mol. The van der Waals surface area contributed by atoms with Crippen LogP contribution in [-0.2, 0) is 13.1 Å². The highest BCUT2D eigenvalue weighted by atomic mass is 19.1. The van der Waals surface area contributed by atoms with E-state index in [0.29, 0.717) is 35.3 Å². The van der Waals surface area contributed by atoms with Crippen LogP contribution in [0.25, 0.3) is 21.8 Å². The largest absolute Gasteiger partial charge is 0.505 e. The van der Waals surface area contributed by atoms with Crippen LogP contribution in [0.3, 0.4) is 0 Å². The maximum absolute atomic E-state index is 13.2. The molecule has 0 aliphatic heterocycles. The molecule has 31 heavy (non-hydrogen) atoms. The molecule has 2 N–H and O–H groups in total. The number of ether oxygens (including phenoxy) is 1. The summed E-state index contributed by atoms with van der Waals surface area (Å²) >= 11 is 0. The summed E-state index contributed by atoms with van der Waals surface area (Å²) in [7, 11) is 1.56. The van der Waals surface area contributed by atoms with Crippen LogP contribution in [0.5, 0.6) is 17.4 Å². The van der Waals surface area contributed by atoms with Gasteiger partial charge in [0.2, 0.25) is 5.88 Å². The molecule has 0 aliphatic rings. The fourth-order valence-electron chi connectivity index (χ4n) is 4.00. The molecule has 5 aromatic rings. The number of halogens is 1. The SMILES string of the molecule is COc1c2cn(Cc3ccc(F)cc3)c(O)c2c(O)c2ncn(Cc3ccccc3)c12. The molecule has 0 saturated carbocycles. The molecule has 2 aromatic heterocycles. The molecular weight excluding hydrogens is 397 g/mol. The molecule has 0 amide bonds. The number of aromatic hydroxyl groups is 2. The van der Waals surface area contributed by atoms with Crippen molar-refractivity contribution >= 4 is 21.8 Å². The van der Waals surface area contributed by atoms with Crippen molar-refractivity contribution < 1.29 is 19.3 Å². The third-order valence-electron chi connectivity index (χ3n) is 5.47. The molecule has 0 spiro atoms. The Bertz CT molecular complexity index is 1390. The van der Waals surface area contributed by atoms with Gasteiger partial charge in [-0.3, -0.25) is 0 Å². The smallest absolute Gasteiger partial charge is 0.203 e. The lowest BCUT2D eigenvalue weighted by molar-refractivity contribution is 0.420. The van der Waals surface area contributed by atoms with Crippen LogP contribution in [0, 0.1) is 5.82 Å². The van der Waals surface area contributed by atoms with Crippen LogP contribution in [0.4, 0.5) is 4.39 Å². The van der Waals surface area contributed by atoms with Gasteiger partial charge in [0.15, 0.2) is 11.5 Å². The summed E-state index contributed by atoms with van der Waals surface area (Å²) in [4.78, 5) is 4.39. The van der Waals surface area contributed by atoms with E-state index < -0.39 is 0 Å². The van der Waals surface area contributed by atoms with Gasteiger partial charge in [-0.05, 0) is 23.3 Å². The van der Waals surface area contributed by atoms with E-state index in [9.17, 15) is 14.6 Å². The predicted octanol–water partition coefficient (Wildman–Crippen LogP) is 4.65. The van der Waals surface area contributed by atoms with Gasteiger partial charge in [0.05, 0.1) is 30.8 Å². The van der Waals surface area contributed by atoms with Crippen molar-refractivity contribution in [1.82, 2.24) is 14.1 Å². The zero-order valence-electron chi connectivity index (χ0n) is 16.8. The van der Waals surface area contributed by atoms with Gasteiger partial charge in [-0.15, -0.1) is 0 Å². The number of phenolic OH excluding ortho intramolecular Hbond substituents is 1. The number of aromatic nitrogens is 3. The minimum absolute atomic E-state index is 0.102. The molecular formula is C24H20FN3O3. The summed E-state index contributed by atoms with van der Waals surface area (Å²) in [5, 5.41) is 22.6. The summed E-state index contributed by atoms with van der Waals surface area (Å²) in [6.07, 6.45) is 3.38. The first-order valence-corrected chi connectivity index (χ1v) is 9.80. The monoisotopic (exact) mass is 417 g/mol. The lowest BCUT2D eigenvalue weighted by Gasteiger charge is -2.10. The normalized spacial score (nSPS) is 11.4. The maximum atomic E-state index is 13.2. The Labute approximate surface area is 177 Å². The Hall–Kier alpha value is -4.00. The van der Waals surface area contributed by atoms with Crippen LogP contribution in [0.15, 0.2) is 67.1 Å². The van der Waals surface area contributed by atoms with E-state index in [1.165, 1.54) is 12.1 Å². The summed E-state index contributed by atoms with van der Waals surface area (Å²) in [5.41, 5.74) is 2.90. The molecule has 156 valence electrons. The average molecular weight is 417 g/mol. The van der Waals surface area contributed by atoms with Gasteiger partial charge in [0, 0.05) is 12.7 Å². The van der Waals surface area contributed by atoms with E-state index in [-0.39, 0.29) is 22.8 Å². The summed E-state index contributed by atoms with van der Waals surface area (Å²) in [5.74, 6) is -0.00950. The molecule has 0 bridgehead atoms. The number of fused-ring (bicyclic) bond motifs is 2. The molecule has 3 aromatic carbocycles. The standard InChI is InChI=1S/C24H20FN3O3/c1-31-23-18-13-27(11-16-7-9-17(25)10-8-16)24(30)19(18)22(29)20-21(23)28(14-26-20)12-15-5-3-2-4-6-15/h2-10,13-14,29-30H,11-12H2,1H3. The lowest BCUT2D eigenvalue weighted by atomic mass is 10.1. The van der Waals surface area contributed by atoms with Crippen LogP contribution in [0.1, 0.15) is 11.1 Å². The highest BCUT2D eigenvalue weighted by Crippen LogP contribution is 2.46. The number of imidazole rings is 1. The molecule has 0 saturated heterocycles. The van der Waals surface area contributed by atoms with Crippen LogP contribution >= 0.6 is 0 Å². The van der Waals surface area contributed by atoms with Crippen molar-refractivity contribution in [2.75, 3.05) is 7.11 Å². The van der Waals surface area contributed by atoms with Crippen LogP contribution in [-0.4, -0.2) is 31.4 Å². The van der Waals surface area contributed by atoms with Gasteiger partial charge in [0.25, 0.3) is 0 Å². The summed E-state index contributed by atoms with van der Waals surface area (Å²) in [6, 6.07) is 16.0. The first kappa shape index (κ1) is 19.0. The quantitative estimate of drug-likeness (QED) is 0.437. The van der Waals surface area contributed by atoms with Crippen molar-refractivity contribution in [3.05, 3.63) is 84.1 Å². The molecule has 7 heteroatoms. The van der Waals surface area contributed by atoms with Crippen LogP contribution < -0.4 is 4.74 Å². The second-order valence-electron chi connectivity index (χ2n) is 7.43. The van der Waals surface area contributed by atoms with Crippen molar-refractivity contribution in [2.45, 2.75) is 13.1 Å². The number of phenols is 1. The van der Waals surface area contributed by atoms with Crippen molar-refractivity contribution in [3.63, 3.8) is 0 Å². The number of rotatable bonds is 5. The number of benzene rings is 3. The molecule has 2 heterocycles. The zero-order chi connectivity index (χ0) is 21.5. The topological polar surface area (TPSA) is 72.4 Å². The van der Waals surface area contributed by atoms with Crippen LogP contribution in [0.2, 0.25) is 0 Å². The highest BCUT2D eigenvalue weighted by Gasteiger charge is 2.24.